The zero-order valence-corrected chi connectivity index (χ0v) is 12.8. The number of rotatable bonds is 4. The molecule has 0 spiro atoms. The van der Waals surface area contributed by atoms with Crippen molar-refractivity contribution in [3.63, 3.8) is 0 Å². The first-order valence-corrected chi connectivity index (χ1v) is 7.33. The lowest BCUT2D eigenvalue weighted by atomic mass is 10.2. The molecular weight excluding hydrogens is 307 g/mol. The summed E-state index contributed by atoms with van der Waals surface area (Å²) in [6.07, 6.45) is 0. The van der Waals surface area contributed by atoms with Crippen LogP contribution in [-0.2, 0) is 0 Å². The molecule has 2 rings (SSSR count). The molecule has 0 bridgehead atoms. The Morgan fingerprint density at radius 2 is 2.14 bits per heavy atom. The topological polar surface area (TPSA) is 97.1 Å². The molecule has 3 amide bonds. The van der Waals surface area contributed by atoms with Gasteiger partial charge in [0.05, 0.1) is 11.6 Å². The molecule has 0 saturated heterocycles. The highest BCUT2D eigenvalue weighted by molar-refractivity contribution is 7.09. The summed E-state index contributed by atoms with van der Waals surface area (Å²) in [6.45, 7) is 3.67. The summed E-state index contributed by atoms with van der Waals surface area (Å²) in [5.41, 5.74) is 5.94. The third-order valence-corrected chi connectivity index (χ3v) is 3.99. The molecule has 0 aliphatic carbocycles. The van der Waals surface area contributed by atoms with Crippen LogP contribution in [0, 0.1) is 12.7 Å². The van der Waals surface area contributed by atoms with Gasteiger partial charge in [-0.1, -0.05) is 0 Å². The minimum Gasteiger partial charge on any atom is -0.366 e. The summed E-state index contributed by atoms with van der Waals surface area (Å²) in [5.74, 6) is -1.63. The molecule has 8 heteroatoms. The van der Waals surface area contributed by atoms with Crippen molar-refractivity contribution in [1.29, 1.82) is 0 Å². The number of nitrogens with one attached hydrogen (secondary N) is 2. The van der Waals surface area contributed by atoms with Crippen LogP contribution in [0.25, 0.3) is 0 Å². The first kappa shape index (κ1) is 15.9. The number of nitrogens with zero attached hydrogens (tertiary/aromatic N) is 1. The molecule has 22 heavy (non-hydrogen) atoms. The zero-order chi connectivity index (χ0) is 16.3. The Morgan fingerprint density at radius 3 is 2.73 bits per heavy atom. The number of halogens is 1. The SMILES string of the molecule is Cc1csc([C@H](C)NC(=O)Nc2ccc(F)c(C(N)=O)c2)n1. The molecule has 0 radical (unpaired) electrons. The minimum atomic E-state index is -0.895. The molecule has 0 aliphatic heterocycles. The fourth-order valence-electron chi connectivity index (χ4n) is 1.79. The van der Waals surface area contributed by atoms with Gasteiger partial charge in [-0.15, -0.1) is 11.3 Å². The summed E-state index contributed by atoms with van der Waals surface area (Å²) in [4.78, 5) is 27.3. The Kier molecular flexibility index (Phi) is 4.71. The van der Waals surface area contributed by atoms with Gasteiger partial charge >= 0.3 is 6.03 Å². The van der Waals surface area contributed by atoms with Crippen LogP contribution in [-0.4, -0.2) is 16.9 Å². The molecular formula is C14H15FN4O2S. The quantitative estimate of drug-likeness (QED) is 0.807. The standard InChI is InChI=1S/C14H15FN4O2S/c1-7-6-22-13(17-7)8(2)18-14(21)19-9-3-4-11(15)10(5-9)12(16)20/h3-6,8H,1-2H3,(H2,16,20)(H2,18,19,21)/t8-/m0/s1. The van der Waals surface area contributed by atoms with Crippen LogP contribution in [0.1, 0.15) is 34.0 Å². The maximum absolute atomic E-state index is 13.4. The van der Waals surface area contributed by atoms with E-state index in [-0.39, 0.29) is 17.3 Å². The summed E-state index contributed by atoms with van der Waals surface area (Å²) in [6, 6.07) is 2.86. The first-order valence-electron chi connectivity index (χ1n) is 6.45. The van der Waals surface area contributed by atoms with Crippen molar-refractivity contribution in [2.24, 2.45) is 5.73 Å². The van der Waals surface area contributed by atoms with E-state index in [0.717, 1.165) is 16.8 Å². The minimum absolute atomic E-state index is 0.269. The van der Waals surface area contributed by atoms with E-state index in [1.54, 1.807) is 6.92 Å². The molecule has 4 N–H and O–H groups in total. The van der Waals surface area contributed by atoms with Crippen molar-refractivity contribution in [2.45, 2.75) is 19.9 Å². The molecule has 0 aliphatic rings. The second-order valence-electron chi connectivity index (χ2n) is 4.71. The van der Waals surface area contributed by atoms with Gasteiger partial charge in [0.25, 0.3) is 5.91 Å². The lowest BCUT2D eigenvalue weighted by molar-refractivity contribution is 0.0996. The number of carbonyl (C=O) groups is 2. The van der Waals surface area contributed by atoms with Crippen LogP contribution in [0.3, 0.4) is 0 Å². The number of thiazole rings is 1. The van der Waals surface area contributed by atoms with Crippen molar-refractivity contribution < 1.29 is 14.0 Å². The van der Waals surface area contributed by atoms with Crippen LogP contribution < -0.4 is 16.4 Å². The van der Waals surface area contributed by atoms with Gasteiger partial charge in [0.1, 0.15) is 10.8 Å². The fourth-order valence-corrected chi connectivity index (χ4v) is 2.59. The third-order valence-electron chi connectivity index (χ3n) is 2.84. The maximum atomic E-state index is 13.4. The summed E-state index contributed by atoms with van der Waals surface area (Å²) in [7, 11) is 0. The van der Waals surface area contributed by atoms with Crippen LogP contribution in [0.4, 0.5) is 14.9 Å². The number of aromatic nitrogens is 1. The van der Waals surface area contributed by atoms with Gasteiger partial charge in [-0.25, -0.2) is 14.2 Å². The molecule has 1 atom stereocenters. The number of amides is 3. The van der Waals surface area contributed by atoms with Crippen LogP contribution in [0.2, 0.25) is 0 Å². The number of carbonyl (C=O) groups excluding carboxylic acids is 2. The molecule has 0 saturated carbocycles. The Morgan fingerprint density at radius 1 is 1.41 bits per heavy atom. The lowest BCUT2D eigenvalue weighted by Crippen LogP contribution is -2.31. The van der Waals surface area contributed by atoms with E-state index in [1.165, 1.54) is 23.5 Å². The van der Waals surface area contributed by atoms with Crippen molar-refractivity contribution in [3.05, 3.63) is 45.7 Å². The number of primary amides is 1. The van der Waals surface area contributed by atoms with E-state index in [1.807, 2.05) is 12.3 Å². The number of benzene rings is 1. The van der Waals surface area contributed by atoms with Gasteiger partial charge in [0, 0.05) is 16.8 Å². The summed E-state index contributed by atoms with van der Waals surface area (Å²) in [5, 5.41) is 7.91. The second-order valence-corrected chi connectivity index (χ2v) is 5.60. The summed E-state index contributed by atoms with van der Waals surface area (Å²) < 4.78 is 13.4. The van der Waals surface area contributed by atoms with E-state index in [2.05, 4.69) is 15.6 Å². The smallest absolute Gasteiger partial charge is 0.319 e. The predicted octanol–water partition coefficient (Wildman–Crippen LogP) is 2.57. The molecule has 1 heterocycles. The molecule has 1 aromatic carbocycles. The van der Waals surface area contributed by atoms with Crippen molar-refractivity contribution >= 4 is 29.0 Å². The Balaban J connectivity index is 2.03. The summed E-state index contributed by atoms with van der Waals surface area (Å²) >= 11 is 1.45. The fraction of sp³-hybridized carbons (Fsp3) is 0.214. The van der Waals surface area contributed by atoms with Crippen LogP contribution in [0.15, 0.2) is 23.6 Å². The number of hydrogen-bond acceptors (Lipinski definition) is 4. The number of urea groups is 1. The highest BCUT2D eigenvalue weighted by Crippen LogP contribution is 2.18. The van der Waals surface area contributed by atoms with E-state index in [9.17, 15) is 14.0 Å². The monoisotopic (exact) mass is 322 g/mol. The second kappa shape index (κ2) is 6.52. The van der Waals surface area contributed by atoms with E-state index < -0.39 is 17.8 Å². The average Bonchev–Trinajstić information content (AvgIpc) is 2.87. The van der Waals surface area contributed by atoms with Crippen molar-refractivity contribution in [1.82, 2.24) is 10.3 Å². The normalized spacial score (nSPS) is 11.8. The van der Waals surface area contributed by atoms with Crippen molar-refractivity contribution in [2.75, 3.05) is 5.32 Å². The molecule has 1 aromatic heterocycles. The molecule has 6 nitrogen and oxygen atoms in total. The molecule has 2 aromatic rings. The zero-order valence-electron chi connectivity index (χ0n) is 12.0. The van der Waals surface area contributed by atoms with Crippen LogP contribution in [0.5, 0.6) is 0 Å². The van der Waals surface area contributed by atoms with Crippen LogP contribution >= 0.6 is 11.3 Å². The maximum Gasteiger partial charge on any atom is 0.319 e. The van der Waals surface area contributed by atoms with Gasteiger partial charge in [-0.05, 0) is 32.0 Å². The number of aryl methyl sites for hydroxylation is 1. The highest BCUT2D eigenvalue weighted by atomic mass is 32.1. The van der Waals surface area contributed by atoms with Crippen molar-refractivity contribution in [3.8, 4) is 0 Å². The van der Waals surface area contributed by atoms with Gasteiger partial charge in [0.15, 0.2) is 0 Å². The number of anilines is 1. The van der Waals surface area contributed by atoms with Gasteiger partial charge in [-0.2, -0.15) is 0 Å². The van der Waals surface area contributed by atoms with E-state index >= 15 is 0 Å². The average molecular weight is 322 g/mol. The van der Waals surface area contributed by atoms with E-state index in [4.69, 9.17) is 5.73 Å². The predicted molar refractivity (Wildman–Crippen MR) is 82.3 cm³/mol. The Bertz CT molecular complexity index is 717. The van der Waals surface area contributed by atoms with E-state index in [0.29, 0.717) is 0 Å². The van der Waals surface area contributed by atoms with Gasteiger partial charge in [0.2, 0.25) is 0 Å². The molecule has 0 unspecified atom stereocenters. The lowest BCUT2D eigenvalue weighted by Gasteiger charge is -2.13. The third kappa shape index (κ3) is 3.79. The Hall–Kier alpha value is -2.48. The molecule has 0 fully saturated rings. The first-order chi connectivity index (χ1) is 10.4. The largest absolute Gasteiger partial charge is 0.366 e. The number of nitrogens with two attached hydrogens (primary N) is 1. The Labute approximate surface area is 130 Å². The number of hydrogen-bond donors (Lipinski definition) is 3. The molecule has 116 valence electrons. The highest BCUT2D eigenvalue weighted by Gasteiger charge is 2.14. The van der Waals surface area contributed by atoms with Gasteiger partial charge < -0.3 is 16.4 Å². The van der Waals surface area contributed by atoms with Gasteiger partial charge in [-0.3, -0.25) is 4.79 Å².